The molecular weight excluding hydrogens is 488 g/mol. The van der Waals surface area contributed by atoms with Crippen LogP contribution in [-0.4, -0.2) is 70.1 Å². The van der Waals surface area contributed by atoms with Crippen LogP contribution in [0.2, 0.25) is 0 Å². The summed E-state index contributed by atoms with van der Waals surface area (Å²) in [7, 11) is 0. The maximum Gasteiger partial charge on any atom is 0.311 e. The van der Waals surface area contributed by atoms with Crippen LogP contribution in [0.3, 0.4) is 0 Å². The second-order valence-electron chi connectivity index (χ2n) is 10.5. The summed E-state index contributed by atoms with van der Waals surface area (Å²) in [5.74, 6) is -1.81. The van der Waals surface area contributed by atoms with Gasteiger partial charge in [-0.1, -0.05) is 49.3 Å². The number of aliphatic hydroxyl groups is 1. The second kappa shape index (κ2) is 10.7. The smallest absolute Gasteiger partial charge is 0.311 e. The highest BCUT2D eigenvalue weighted by Crippen LogP contribution is 2.61. The summed E-state index contributed by atoms with van der Waals surface area (Å²) in [6.45, 7) is 5.35. The zero-order valence-corrected chi connectivity index (χ0v) is 22.4. The number of rotatable bonds is 7. The quantitative estimate of drug-likeness (QED) is 0.334. The molecule has 8 heteroatoms. The lowest BCUT2D eigenvalue weighted by molar-refractivity contribution is -0.153. The Balaban J connectivity index is 1.55. The number of carbonyl (C=O) groups is 3. The van der Waals surface area contributed by atoms with Gasteiger partial charge in [-0.15, -0.1) is 11.8 Å². The van der Waals surface area contributed by atoms with E-state index in [9.17, 15) is 14.4 Å². The van der Waals surface area contributed by atoms with Crippen LogP contribution in [0, 0.1) is 25.7 Å². The molecule has 2 amide bonds. The number of thioether (sulfide) groups is 1. The molecule has 1 spiro atoms. The van der Waals surface area contributed by atoms with Gasteiger partial charge in [0, 0.05) is 30.6 Å². The zero-order valence-electron chi connectivity index (χ0n) is 21.6. The van der Waals surface area contributed by atoms with Crippen LogP contribution in [0.5, 0.6) is 0 Å². The standard InChI is InChI=1S/C29H36N2O5S/c1-19-11-12-20(2)21(18-19)30-15-9-13-29-24(23-22(37-29)10-5-8-17-36-28(23)35)26(33)31(25(29)27(30)34)14-6-3-4-7-16-32/h5,9-13,18,22-25,32H,3-4,6-8,14-17H2,1-2H3/t22-,23+,24+,25?,29+/m1/s1. The maximum absolute atomic E-state index is 14.5. The highest BCUT2D eigenvalue weighted by molar-refractivity contribution is 8.02. The van der Waals surface area contributed by atoms with E-state index in [-0.39, 0.29) is 29.6 Å². The van der Waals surface area contributed by atoms with Gasteiger partial charge in [-0.05, 0) is 50.3 Å². The number of esters is 1. The number of hydrogen-bond acceptors (Lipinski definition) is 6. The number of benzene rings is 1. The molecule has 4 aliphatic rings. The van der Waals surface area contributed by atoms with Gasteiger partial charge in [-0.3, -0.25) is 14.4 Å². The number of fused-ring (bicyclic) bond motifs is 2. The van der Waals surface area contributed by atoms with Crippen LogP contribution in [0.1, 0.15) is 43.2 Å². The molecule has 0 bridgehead atoms. The third-order valence-corrected chi connectivity index (χ3v) is 9.83. The molecule has 0 aliphatic carbocycles. The number of aryl methyl sites for hydroxylation is 2. The number of likely N-dealkylation sites (tertiary alicyclic amines) is 1. The molecule has 1 N–H and O–H groups in total. The molecule has 0 saturated carbocycles. The van der Waals surface area contributed by atoms with Crippen molar-refractivity contribution in [2.24, 2.45) is 11.8 Å². The Kier molecular flexibility index (Phi) is 7.50. The first-order chi connectivity index (χ1) is 17.9. The lowest BCUT2D eigenvalue weighted by Gasteiger charge is -2.35. The number of hydrogen-bond donors (Lipinski definition) is 1. The van der Waals surface area contributed by atoms with Crippen LogP contribution in [-0.2, 0) is 19.1 Å². The summed E-state index contributed by atoms with van der Waals surface area (Å²) < 4.78 is 4.73. The van der Waals surface area contributed by atoms with Crippen LogP contribution in [0.4, 0.5) is 5.69 Å². The van der Waals surface area contributed by atoms with Gasteiger partial charge in [-0.25, -0.2) is 0 Å². The van der Waals surface area contributed by atoms with E-state index in [1.807, 2.05) is 61.3 Å². The summed E-state index contributed by atoms with van der Waals surface area (Å²) in [5, 5.41) is 8.92. The number of anilines is 1. The molecule has 5 atom stereocenters. The number of amides is 2. The molecule has 4 aliphatic heterocycles. The zero-order chi connectivity index (χ0) is 26.2. The lowest BCUT2D eigenvalue weighted by atomic mass is 9.78. The number of ether oxygens (including phenoxy) is 1. The molecule has 4 heterocycles. The minimum Gasteiger partial charge on any atom is -0.465 e. The molecule has 2 fully saturated rings. The highest BCUT2D eigenvalue weighted by atomic mass is 32.2. The number of carbonyl (C=O) groups excluding carboxylic acids is 3. The summed E-state index contributed by atoms with van der Waals surface area (Å²) in [6.07, 6.45) is 12.0. The minimum atomic E-state index is -0.825. The SMILES string of the molecule is Cc1ccc(C)c(N2CC=C[C@]34S[C@@H]5C=CCCOC(=O)[C@@H]5[C@H]3C(=O)N(CCCCCCO)C4C2=O)c1. The van der Waals surface area contributed by atoms with E-state index in [1.54, 1.807) is 16.7 Å². The van der Waals surface area contributed by atoms with Crippen molar-refractivity contribution in [1.29, 1.82) is 0 Å². The largest absolute Gasteiger partial charge is 0.465 e. The summed E-state index contributed by atoms with van der Waals surface area (Å²) in [6, 6.07) is 5.40. The van der Waals surface area contributed by atoms with Crippen LogP contribution < -0.4 is 4.90 Å². The predicted octanol–water partition coefficient (Wildman–Crippen LogP) is 3.56. The fourth-order valence-corrected chi connectivity index (χ4v) is 8.32. The van der Waals surface area contributed by atoms with Crippen molar-refractivity contribution < 1.29 is 24.2 Å². The highest BCUT2D eigenvalue weighted by Gasteiger charge is 2.70. The van der Waals surface area contributed by atoms with E-state index in [2.05, 4.69) is 0 Å². The van der Waals surface area contributed by atoms with Gasteiger partial charge in [0.25, 0.3) is 5.91 Å². The monoisotopic (exact) mass is 524 g/mol. The van der Waals surface area contributed by atoms with Crippen molar-refractivity contribution in [3.8, 4) is 0 Å². The third-order valence-electron chi connectivity index (χ3n) is 8.08. The van der Waals surface area contributed by atoms with Gasteiger partial charge >= 0.3 is 5.97 Å². The Hall–Kier alpha value is -2.58. The first-order valence-electron chi connectivity index (χ1n) is 13.4. The molecule has 37 heavy (non-hydrogen) atoms. The van der Waals surface area contributed by atoms with E-state index in [1.165, 1.54) is 0 Å². The van der Waals surface area contributed by atoms with Crippen molar-refractivity contribution in [1.82, 2.24) is 4.90 Å². The van der Waals surface area contributed by atoms with E-state index in [4.69, 9.17) is 9.84 Å². The molecule has 0 radical (unpaired) electrons. The van der Waals surface area contributed by atoms with Gasteiger partial charge < -0.3 is 19.6 Å². The van der Waals surface area contributed by atoms with Crippen molar-refractivity contribution in [3.05, 3.63) is 53.6 Å². The average molecular weight is 525 g/mol. The average Bonchev–Trinajstić information content (AvgIpc) is 3.24. The van der Waals surface area contributed by atoms with E-state index >= 15 is 0 Å². The topological polar surface area (TPSA) is 87.2 Å². The molecule has 2 saturated heterocycles. The third kappa shape index (κ3) is 4.52. The number of nitrogens with zero attached hydrogens (tertiary/aromatic N) is 2. The molecule has 1 aromatic carbocycles. The van der Waals surface area contributed by atoms with Gasteiger partial charge in [0.05, 0.1) is 23.2 Å². The van der Waals surface area contributed by atoms with Crippen LogP contribution in [0.15, 0.2) is 42.5 Å². The molecule has 1 unspecified atom stereocenters. The van der Waals surface area contributed by atoms with Crippen molar-refractivity contribution in [2.45, 2.75) is 62.0 Å². The first kappa shape index (κ1) is 26.0. The van der Waals surface area contributed by atoms with Crippen LogP contribution >= 0.6 is 11.8 Å². The van der Waals surface area contributed by atoms with Crippen molar-refractivity contribution >= 4 is 35.2 Å². The van der Waals surface area contributed by atoms with E-state index < -0.39 is 22.6 Å². The number of unbranched alkanes of at least 4 members (excludes halogenated alkanes) is 3. The minimum absolute atomic E-state index is 0.0935. The number of cyclic esters (lactones) is 1. The molecular formula is C29H36N2O5S. The Labute approximate surface area is 222 Å². The molecule has 198 valence electrons. The molecule has 5 rings (SSSR count). The van der Waals surface area contributed by atoms with Crippen molar-refractivity contribution in [3.63, 3.8) is 0 Å². The Morgan fingerprint density at radius 1 is 1.08 bits per heavy atom. The fraction of sp³-hybridized carbons (Fsp3) is 0.552. The normalized spacial score (nSPS) is 30.9. The molecule has 0 aromatic heterocycles. The Morgan fingerprint density at radius 2 is 1.89 bits per heavy atom. The van der Waals surface area contributed by atoms with E-state index in [0.717, 1.165) is 42.5 Å². The van der Waals surface area contributed by atoms with Crippen molar-refractivity contribution in [2.75, 3.05) is 31.2 Å². The van der Waals surface area contributed by atoms with E-state index in [0.29, 0.717) is 26.1 Å². The summed E-state index contributed by atoms with van der Waals surface area (Å²) in [5.41, 5.74) is 2.94. The number of aliphatic hydroxyl groups excluding tert-OH is 1. The summed E-state index contributed by atoms with van der Waals surface area (Å²) in [4.78, 5) is 45.3. The molecule has 7 nitrogen and oxygen atoms in total. The second-order valence-corrected chi connectivity index (χ2v) is 12.0. The Morgan fingerprint density at radius 3 is 2.70 bits per heavy atom. The van der Waals surface area contributed by atoms with Gasteiger partial charge in [0.15, 0.2) is 0 Å². The fourth-order valence-electron chi connectivity index (χ4n) is 6.32. The first-order valence-corrected chi connectivity index (χ1v) is 14.3. The maximum atomic E-state index is 14.5. The van der Waals surface area contributed by atoms with Gasteiger partial charge in [0.2, 0.25) is 5.91 Å². The van der Waals surface area contributed by atoms with Crippen LogP contribution in [0.25, 0.3) is 0 Å². The van der Waals surface area contributed by atoms with Gasteiger partial charge in [-0.2, -0.15) is 0 Å². The Bertz CT molecular complexity index is 1130. The lowest BCUT2D eigenvalue weighted by Crippen LogP contribution is -2.53. The summed E-state index contributed by atoms with van der Waals surface area (Å²) >= 11 is 1.58. The van der Waals surface area contributed by atoms with Gasteiger partial charge in [0.1, 0.15) is 6.04 Å². The predicted molar refractivity (Wildman–Crippen MR) is 144 cm³/mol. The molecule has 1 aromatic rings.